The van der Waals surface area contributed by atoms with Crippen molar-refractivity contribution in [2.24, 2.45) is 0 Å². The molecule has 1 saturated heterocycles. The van der Waals surface area contributed by atoms with Crippen molar-refractivity contribution in [2.75, 3.05) is 33.7 Å². The summed E-state index contributed by atoms with van der Waals surface area (Å²) in [6, 6.07) is 11.1. The molecule has 3 heteroatoms. The molecule has 0 amide bonds. The van der Waals surface area contributed by atoms with Crippen LogP contribution in [0.4, 0.5) is 0 Å². The van der Waals surface area contributed by atoms with E-state index in [1.807, 2.05) is 0 Å². The van der Waals surface area contributed by atoms with E-state index in [1.165, 1.54) is 5.56 Å². The molecular formula is C15H24N2O. The Balaban J connectivity index is 1.87. The summed E-state index contributed by atoms with van der Waals surface area (Å²) in [5.74, 6) is 0. The summed E-state index contributed by atoms with van der Waals surface area (Å²) in [5, 5.41) is 9.82. The number of rotatable bonds is 5. The van der Waals surface area contributed by atoms with Gasteiger partial charge in [0.25, 0.3) is 0 Å². The summed E-state index contributed by atoms with van der Waals surface area (Å²) in [6.07, 6.45) is 1.83. The minimum absolute atomic E-state index is 0.147. The Hall–Kier alpha value is -0.900. The third-order valence-electron chi connectivity index (χ3n) is 3.61. The van der Waals surface area contributed by atoms with E-state index >= 15 is 0 Å². The van der Waals surface area contributed by atoms with E-state index < -0.39 is 0 Å². The van der Waals surface area contributed by atoms with E-state index in [1.54, 1.807) is 0 Å². The normalized spacial score (nSPS) is 24.9. The first kappa shape index (κ1) is 13.5. The van der Waals surface area contributed by atoms with Crippen molar-refractivity contribution in [2.45, 2.75) is 25.0 Å². The third-order valence-corrected chi connectivity index (χ3v) is 3.61. The number of hydrogen-bond donors (Lipinski definition) is 1. The standard InChI is InChI=1S/C15H24N2O/c1-16(2)11-14-10-15(18)12-17(14)9-8-13-6-4-3-5-7-13/h3-7,14-15,18H,8-12H2,1-2H3. The highest BCUT2D eigenvalue weighted by molar-refractivity contribution is 5.15. The average molecular weight is 248 g/mol. The molecule has 1 fully saturated rings. The zero-order valence-corrected chi connectivity index (χ0v) is 11.4. The van der Waals surface area contributed by atoms with Crippen LogP contribution in [-0.2, 0) is 6.42 Å². The largest absolute Gasteiger partial charge is 0.392 e. The third kappa shape index (κ3) is 3.80. The van der Waals surface area contributed by atoms with Gasteiger partial charge in [0, 0.05) is 25.7 Å². The van der Waals surface area contributed by atoms with Gasteiger partial charge in [0.2, 0.25) is 0 Å². The lowest BCUT2D eigenvalue weighted by molar-refractivity contribution is 0.173. The number of nitrogens with zero attached hydrogens (tertiary/aromatic N) is 2. The Bertz CT molecular complexity index is 353. The van der Waals surface area contributed by atoms with Gasteiger partial charge in [-0.15, -0.1) is 0 Å². The van der Waals surface area contributed by atoms with Crippen LogP contribution in [0.5, 0.6) is 0 Å². The first-order chi connectivity index (χ1) is 8.65. The molecule has 0 aromatic heterocycles. The molecule has 18 heavy (non-hydrogen) atoms. The van der Waals surface area contributed by atoms with Gasteiger partial charge in [0.15, 0.2) is 0 Å². The molecule has 0 radical (unpaired) electrons. The van der Waals surface area contributed by atoms with Crippen LogP contribution in [0.15, 0.2) is 30.3 Å². The molecule has 1 N–H and O–H groups in total. The van der Waals surface area contributed by atoms with Gasteiger partial charge in [0.1, 0.15) is 0 Å². The maximum atomic E-state index is 9.82. The number of likely N-dealkylation sites (tertiary alicyclic amines) is 1. The number of hydrogen-bond acceptors (Lipinski definition) is 3. The zero-order chi connectivity index (χ0) is 13.0. The van der Waals surface area contributed by atoms with E-state index in [-0.39, 0.29) is 6.10 Å². The summed E-state index contributed by atoms with van der Waals surface area (Å²) in [4.78, 5) is 4.63. The fourth-order valence-corrected chi connectivity index (χ4v) is 2.76. The Morgan fingerprint density at radius 2 is 2.00 bits per heavy atom. The van der Waals surface area contributed by atoms with Crippen molar-refractivity contribution in [3.63, 3.8) is 0 Å². The molecule has 0 saturated carbocycles. The second kappa shape index (κ2) is 6.32. The number of aliphatic hydroxyl groups excluding tert-OH is 1. The molecular weight excluding hydrogens is 224 g/mol. The van der Waals surface area contributed by atoms with Crippen LogP contribution in [0.1, 0.15) is 12.0 Å². The SMILES string of the molecule is CN(C)CC1CC(O)CN1CCc1ccccc1. The molecule has 1 aliphatic rings. The lowest BCUT2D eigenvalue weighted by Gasteiger charge is -2.26. The molecule has 1 aromatic rings. The average Bonchev–Trinajstić information content (AvgIpc) is 2.67. The van der Waals surface area contributed by atoms with Crippen molar-refractivity contribution < 1.29 is 5.11 Å². The Morgan fingerprint density at radius 3 is 2.67 bits per heavy atom. The van der Waals surface area contributed by atoms with Gasteiger partial charge in [-0.05, 0) is 32.5 Å². The molecule has 0 spiro atoms. The predicted molar refractivity (Wildman–Crippen MR) is 74.7 cm³/mol. The van der Waals surface area contributed by atoms with Gasteiger partial charge in [-0.2, -0.15) is 0 Å². The van der Waals surface area contributed by atoms with Gasteiger partial charge in [-0.3, -0.25) is 4.90 Å². The van der Waals surface area contributed by atoms with Crippen molar-refractivity contribution in [3.8, 4) is 0 Å². The van der Waals surface area contributed by atoms with Crippen molar-refractivity contribution in [1.82, 2.24) is 9.80 Å². The quantitative estimate of drug-likeness (QED) is 0.849. The maximum absolute atomic E-state index is 9.82. The molecule has 2 rings (SSSR count). The maximum Gasteiger partial charge on any atom is 0.0682 e. The Kier molecular flexibility index (Phi) is 4.75. The summed E-state index contributed by atoms with van der Waals surface area (Å²) in [6.45, 7) is 2.90. The summed E-state index contributed by atoms with van der Waals surface area (Å²) in [5.41, 5.74) is 1.38. The first-order valence-corrected chi connectivity index (χ1v) is 6.76. The van der Waals surface area contributed by atoms with Crippen LogP contribution in [0.2, 0.25) is 0 Å². The molecule has 1 aromatic carbocycles. The molecule has 2 atom stereocenters. The lowest BCUT2D eigenvalue weighted by atomic mass is 10.1. The highest BCUT2D eigenvalue weighted by Gasteiger charge is 2.30. The van der Waals surface area contributed by atoms with Gasteiger partial charge >= 0.3 is 0 Å². The van der Waals surface area contributed by atoms with Crippen LogP contribution in [-0.4, -0.2) is 60.8 Å². The monoisotopic (exact) mass is 248 g/mol. The second-order valence-corrected chi connectivity index (χ2v) is 5.54. The van der Waals surface area contributed by atoms with Crippen molar-refractivity contribution in [3.05, 3.63) is 35.9 Å². The van der Waals surface area contributed by atoms with E-state index in [9.17, 15) is 5.11 Å². The molecule has 100 valence electrons. The fraction of sp³-hybridized carbons (Fsp3) is 0.600. The van der Waals surface area contributed by atoms with Gasteiger partial charge in [-0.1, -0.05) is 30.3 Å². The molecule has 0 bridgehead atoms. The highest BCUT2D eigenvalue weighted by Crippen LogP contribution is 2.18. The van der Waals surface area contributed by atoms with E-state index in [2.05, 4.69) is 54.2 Å². The highest BCUT2D eigenvalue weighted by atomic mass is 16.3. The summed E-state index contributed by atoms with van der Waals surface area (Å²) in [7, 11) is 4.19. The van der Waals surface area contributed by atoms with Crippen LogP contribution >= 0.6 is 0 Å². The number of benzene rings is 1. The van der Waals surface area contributed by atoms with E-state index in [0.29, 0.717) is 6.04 Å². The topological polar surface area (TPSA) is 26.7 Å². The van der Waals surface area contributed by atoms with Crippen LogP contribution < -0.4 is 0 Å². The predicted octanol–water partition coefficient (Wildman–Crippen LogP) is 1.23. The minimum Gasteiger partial charge on any atom is -0.392 e. The van der Waals surface area contributed by atoms with Crippen LogP contribution in [0, 0.1) is 0 Å². The fourth-order valence-electron chi connectivity index (χ4n) is 2.76. The zero-order valence-electron chi connectivity index (χ0n) is 11.4. The van der Waals surface area contributed by atoms with Crippen LogP contribution in [0.25, 0.3) is 0 Å². The van der Waals surface area contributed by atoms with E-state index in [0.717, 1.165) is 32.5 Å². The molecule has 1 aliphatic heterocycles. The summed E-state index contributed by atoms with van der Waals surface area (Å²) < 4.78 is 0. The number of aliphatic hydroxyl groups is 1. The Morgan fingerprint density at radius 1 is 1.28 bits per heavy atom. The van der Waals surface area contributed by atoms with Gasteiger partial charge in [0.05, 0.1) is 6.10 Å². The Labute approximate surface area is 110 Å². The van der Waals surface area contributed by atoms with Crippen molar-refractivity contribution >= 4 is 0 Å². The van der Waals surface area contributed by atoms with Crippen LogP contribution in [0.3, 0.4) is 0 Å². The smallest absolute Gasteiger partial charge is 0.0682 e. The molecule has 3 nitrogen and oxygen atoms in total. The lowest BCUT2D eigenvalue weighted by Crippen LogP contribution is -2.38. The van der Waals surface area contributed by atoms with Crippen molar-refractivity contribution in [1.29, 1.82) is 0 Å². The molecule has 2 unspecified atom stereocenters. The van der Waals surface area contributed by atoms with Gasteiger partial charge < -0.3 is 10.0 Å². The second-order valence-electron chi connectivity index (χ2n) is 5.54. The molecule has 1 heterocycles. The number of likely N-dealkylation sites (N-methyl/N-ethyl adjacent to an activating group) is 1. The van der Waals surface area contributed by atoms with Gasteiger partial charge in [-0.25, -0.2) is 0 Å². The minimum atomic E-state index is -0.147. The molecule has 0 aliphatic carbocycles. The number of β-amino-alcohol motifs (C(OH)–C–C–N with tert-alkyl or cyclic N) is 1. The van der Waals surface area contributed by atoms with E-state index in [4.69, 9.17) is 0 Å². The first-order valence-electron chi connectivity index (χ1n) is 6.76. The summed E-state index contributed by atoms with van der Waals surface area (Å²) >= 11 is 0.